The van der Waals surface area contributed by atoms with E-state index in [9.17, 15) is 4.79 Å². The lowest BCUT2D eigenvalue weighted by atomic mass is 9.85. The third-order valence-corrected chi connectivity index (χ3v) is 5.50. The number of primary amides is 1. The molecular formula is C20H27ClN4O2. The first-order valence-electron chi connectivity index (χ1n) is 9.45. The van der Waals surface area contributed by atoms with Gasteiger partial charge in [-0.05, 0) is 30.5 Å². The number of nitrogens with zero attached hydrogens (tertiary/aromatic N) is 2. The Morgan fingerprint density at radius 3 is 2.74 bits per heavy atom. The summed E-state index contributed by atoms with van der Waals surface area (Å²) >= 11 is 6.30. The minimum Gasteiger partial charge on any atom is -0.491 e. The second-order valence-electron chi connectivity index (χ2n) is 7.35. The summed E-state index contributed by atoms with van der Waals surface area (Å²) in [5.41, 5.74) is 13.5. The maximum Gasteiger partial charge on any atom is 0.248 e. The molecule has 1 amide bonds. The van der Waals surface area contributed by atoms with E-state index in [-0.39, 0.29) is 6.04 Å². The van der Waals surface area contributed by atoms with Gasteiger partial charge < -0.3 is 16.2 Å². The second kappa shape index (κ2) is 8.76. The van der Waals surface area contributed by atoms with Gasteiger partial charge in [0, 0.05) is 24.2 Å². The van der Waals surface area contributed by atoms with Gasteiger partial charge in [0.05, 0.1) is 16.9 Å². The van der Waals surface area contributed by atoms with Crippen LogP contribution >= 0.6 is 11.6 Å². The van der Waals surface area contributed by atoms with Gasteiger partial charge in [0.25, 0.3) is 0 Å². The molecule has 3 rings (SSSR count). The fourth-order valence-corrected chi connectivity index (χ4v) is 4.09. The molecule has 146 valence electrons. The zero-order valence-corrected chi connectivity index (χ0v) is 16.4. The van der Waals surface area contributed by atoms with Gasteiger partial charge in [-0.2, -0.15) is 5.10 Å². The zero-order chi connectivity index (χ0) is 19.4. The van der Waals surface area contributed by atoms with Crippen LogP contribution in [0, 0.1) is 5.92 Å². The number of halogens is 1. The number of nitrogens with two attached hydrogens (primary N) is 2. The summed E-state index contributed by atoms with van der Waals surface area (Å²) in [5.74, 6) is 0.806. The van der Waals surface area contributed by atoms with Crippen molar-refractivity contribution in [3.63, 3.8) is 0 Å². The van der Waals surface area contributed by atoms with Crippen LogP contribution in [0.15, 0.2) is 24.4 Å². The van der Waals surface area contributed by atoms with Crippen molar-refractivity contribution < 1.29 is 9.53 Å². The van der Waals surface area contributed by atoms with Crippen LogP contribution in [0.2, 0.25) is 5.02 Å². The van der Waals surface area contributed by atoms with Gasteiger partial charge in [-0.15, -0.1) is 0 Å². The Hall–Kier alpha value is -2.05. The number of carbonyl (C=O) groups is 1. The van der Waals surface area contributed by atoms with Crippen molar-refractivity contribution in [3.8, 4) is 17.0 Å². The standard InChI is InChI=1S/C20H27ClN4O2/c1-25-19(17(21)11-24-25)16-10-14(20(23)26)7-8-18(16)27-12-15(22)9-13-5-3-2-4-6-13/h7-8,10-11,13,15H,2-6,9,12,22H2,1H3,(H2,23,26)/t15-/m1/s1. The molecule has 1 heterocycles. The molecule has 1 aliphatic rings. The molecule has 0 aliphatic heterocycles. The van der Waals surface area contributed by atoms with Crippen LogP contribution in [0.1, 0.15) is 48.9 Å². The Morgan fingerprint density at radius 2 is 2.11 bits per heavy atom. The molecule has 2 aromatic rings. The number of ether oxygens (including phenoxy) is 1. The smallest absolute Gasteiger partial charge is 0.248 e. The summed E-state index contributed by atoms with van der Waals surface area (Å²) in [6.07, 6.45) is 9.00. The molecule has 1 atom stereocenters. The quantitative estimate of drug-likeness (QED) is 0.755. The lowest BCUT2D eigenvalue weighted by molar-refractivity contribution is 0.100. The van der Waals surface area contributed by atoms with Gasteiger partial charge in [-0.1, -0.05) is 43.7 Å². The van der Waals surface area contributed by atoms with Gasteiger partial charge >= 0.3 is 0 Å². The minimum atomic E-state index is -0.505. The molecule has 1 aromatic heterocycles. The van der Waals surface area contributed by atoms with Crippen molar-refractivity contribution in [2.75, 3.05) is 6.61 Å². The molecule has 1 saturated carbocycles. The summed E-state index contributed by atoms with van der Waals surface area (Å²) in [6, 6.07) is 5.05. The predicted octanol–water partition coefficient (Wildman–Crippen LogP) is 3.52. The first-order valence-corrected chi connectivity index (χ1v) is 9.83. The van der Waals surface area contributed by atoms with Gasteiger partial charge in [-0.25, -0.2) is 0 Å². The van der Waals surface area contributed by atoms with Crippen LogP contribution in [-0.4, -0.2) is 28.3 Å². The number of aryl methyl sites for hydroxylation is 1. The molecule has 0 bridgehead atoms. The fraction of sp³-hybridized carbons (Fsp3) is 0.500. The van der Waals surface area contributed by atoms with Crippen LogP contribution in [0.3, 0.4) is 0 Å². The average molecular weight is 391 g/mol. The van der Waals surface area contributed by atoms with E-state index < -0.39 is 5.91 Å². The number of hydrogen-bond acceptors (Lipinski definition) is 4. The molecule has 0 unspecified atom stereocenters. The van der Waals surface area contributed by atoms with Gasteiger partial charge in [0.2, 0.25) is 5.91 Å². The minimum absolute atomic E-state index is 0.0289. The van der Waals surface area contributed by atoms with Crippen molar-refractivity contribution in [1.29, 1.82) is 0 Å². The first kappa shape index (κ1) is 19.7. The van der Waals surface area contributed by atoms with E-state index in [1.807, 2.05) is 0 Å². The highest BCUT2D eigenvalue weighted by atomic mass is 35.5. The Morgan fingerprint density at radius 1 is 1.37 bits per heavy atom. The summed E-state index contributed by atoms with van der Waals surface area (Å²) in [5, 5.41) is 4.65. The molecule has 7 heteroatoms. The van der Waals surface area contributed by atoms with E-state index in [0.29, 0.717) is 40.1 Å². The van der Waals surface area contributed by atoms with E-state index in [2.05, 4.69) is 5.10 Å². The van der Waals surface area contributed by atoms with Crippen molar-refractivity contribution in [1.82, 2.24) is 9.78 Å². The van der Waals surface area contributed by atoms with Gasteiger partial charge in [0.1, 0.15) is 12.4 Å². The molecule has 27 heavy (non-hydrogen) atoms. The topological polar surface area (TPSA) is 96.2 Å². The largest absolute Gasteiger partial charge is 0.491 e. The maximum absolute atomic E-state index is 11.6. The van der Waals surface area contributed by atoms with Crippen LogP contribution in [0.25, 0.3) is 11.3 Å². The van der Waals surface area contributed by atoms with E-state index in [0.717, 1.165) is 6.42 Å². The summed E-state index contributed by atoms with van der Waals surface area (Å²) in [6.45, 7) is 0.412. The molecule has 6 nitrogen and oxygen atoms in total. The Bertz CT molecular complexity index is 780. The van der Waals surface area contributed by atoms with Crippen LogP contribution in [0.4, 0.5) is 0 Å². The molecule has 0 saturated heterocycles. The lowest BCUT2D eigenvalue weighted by Gasteiger charge is -2.25. The van der Waals surface area contributed by atoms with Gasteiger partial charge in [0.15, 0.2) is 0 Å². The van der Waals surface area contributed by atoms with E-state index in [1.165, 1.54) is 32.1 Å². The normalized spacial score (nSPS) is 16.3. The Balaban J connectivity index is 1.77. The fourth-order valence-electron chi connectivity index (χ4n) is 3.82. The number of rotatable bonds is 7. The second-order valence-corrected chi connectivity index (χ2v) is 7.76. The van der Waals surface area contributed by atoms with Crippen molar-refractivity contribution in [3.05, 3.63) is 35.0 Å². The molecule has 1 aromatic carbocycles. The third-order valence-electron chi connectivity index (χ3n) is 5.23. The zero-order valence-electron chi connectivity index (χ0n) is 15.7. The molecular weight excluding hydrogens is 364 g/mol. The van der Waals surface area contributed by atoms with Crippen molar-refractivity contribution >= 4 is 17.5 Å². The van der Waals surface area contributed by atoms with Crippen LogP contribution in [-0.2, 0) is 7.05 Å². The number of hydrogen-bond donors (Lipinski definition) is 2. The molecule has 1 fully saturated rings. The lowest BCUT2D eigenvalue weighted by Crippen LogP contribution is -2.31. The number of benzene rings is 1. The molecule has 4 N–H and O–H groups in total. The SMILES string of the molecule is Cn1ncc(Cl)c1-c1cc(C(N)=O)ccc1OC[C@H](N)CC1CCCCC1. The highest BCUT2D eigenvalue weighted by Gasteiger charge is 2.20. The van der Waals surface area contributed by atoms with Gasteiger partial charge in [-0.3, -0.25) is 9.48 Å². The van der Waals surface area contributed by atoms with Crippen molar-refractivity contribution in [2.45, 2.75) is 44.6 Å². The maximum atomic E-state index is 11.6. The van der Waals surface area contributed by atoms with Crippen LogP contribution in [0.5, 0.6) is 5.75 Å². The van der Waals surface area contributed by atoms with E-state index in [4.69, 9.17) is 27.8 Å². The summed E-state index contributed by atoms with van der Waals surface area (Å²) < 4.78 is 7.68. The Kier molecular flexibility index (Phi) is 6.39. The van der Waals surface area contributed by atoms with E-state index >= 15 is 0 Å². The monoisotopic (exact) mass is 390 g/mol. The highest BCUT2D eigenvalue weighted by Crippen LogP contribution is 2.35. The molecule has 0 radical (unpaired) electrons. The molecule has 0 spiro atoms. The van der Waals surface area contributed by atoms with Crippen molar-refractivity contribution in [2.24, 2.45) is 24.4 Å². The predicted molar refractivity (Wildman–Crippen MR) is 107 cm³/mol. The summed E-state index contributed by atoms with van der Waals surface area (Å²) in [7, 11) is 1.79. The van der Waals surface area contributed by atoms with E-state index in [1.54, 1.807) is 36.1 Å². The number of carbonyl (C=O) groups excluding carboxylic acids is 1. The van der Waals surface area contributed by atoms with Crippen LogP contribution < -0.4 is 16.2 Å². The third kappa shape index (κ3) is 4.82. The molecule has 1 aliphatic carbocycles. The number of aromatic nitrogens is 2. The summed E-state index contributed by atoms with van der Waals surface area (Å²) in [4.78, 5) is 11.6. The highest BCUT2D eigenvalue weighted by molar-refractivity contribution is 6.33. The number of amides is 1. The first-order chi connectivity index (χ1) is 13.0. The average Bonchev–Trinajstić information content (AvgIpc) is 2.99. The Labute approximate surface area is 164 Å².